The second-order valence-corrected chi connectivity index (χ2v) is 50.2. The molecular formula is C52H68Cl2SiZr. The molecule has 2 atom stereocenters. The van der Waals surface area contributed by atoms with Crippen LogP contribution < -0.4 is 0 Å². The van der Waals surface area contributed by atoms with E-state index in [9.17, 15) is 0 Å². The summed E-state index contributed by atoms with van der Waals surface area (Å²) >= 11 is -3.91. The van der Waals surface area contributed by atoms with Crippen LogP contribution in [-0.2, 0) is 17.4 Å². The Morgan fingerprint density at radius 1 is 0.536 bits per heavy atom. The maximum Gasteiger partial charge on any atom is -0.147 e. The first-order valence-electron chi connectivity index (χ1n) is 21.8. The molecule has 4 heteroatoms. The van der Waals surface area contributed by atoms with Crippen molar-refractivity contribution in [2.24, 2.45) is 10.8 Å². The van der Waals surface area contributed by atoms with Crippen molar-refractivity contribution in [3.63, 3.8) is 0 Å². The van der Waals surface area contributed by atoms with E-state index in [0.717, 1.165) is 0 Å². The van der Waals surface area contributed by atoms with Crippen molar-refractivity contribution in [1.29, 1.82) is 0 Å². The molecule has 4 aliphatic carbocycles. The Balaban J connectivity index is 0.00000266. The Hall–Kier alpha value is -1.96. The van der Waals surface area contributed by atoms with Gasteiger partial charge >= 0.3 is 333 Å². The number of rotatable bonds is 10. The normalized spacial score (nSPS) is 21.2. The van der Waals surface area contributed by atoms with Gasteiger partial charge in [-0.15, -0.1) is 24.8 Å². The molecule has 56 heavy (non-hydrogen) atoms. The zero-order chi connectivity index (χ0) is 37.7. The Bertz CT molecular complexity index is 2000. The summed E-state index contributed by atoms with van der Waals surface area (Å²) in [7, 11) is 0. The van der Waals surface area contributed by atoms with Crippen LogP contribution in [0, 0.1) is 24.7 Å². The summed E-state index contributed by atoms with van der Waals surface area (Å²) in [5.41, 5.74) is 19.1. The largest absolute Gasteiger partial charge is 0.147 e. The van der Waals surface area contributed by atoms with Crippen molar-refractivity contribution < 1.29 is 17.4 Å². The van der Waals surface area contributed by atoms with Gasteiger partial charge in [0.2, 0.25) is 0 Å². The van der Waals surface area contributed by atoms with Crippen LogP contribution in [0.5, 0.6) is 0 Å². The number of benzene rings is 4. The summed E-state index contributed by atoms with van der Waals surface area (Å²) in [6.07, 6.45) is 24.7. The van der Waals surface area contributed by atoms with E-state index in [-0.39, 0.29) is 24.8 Å². The molecular weight excluding hydrogens is 815 g/mol. The predicted molar refractivity (Wildman–Crippen MR) is 250 cm³/mol. The topological polar surface area (TPSA) is 0 Å². The Kier molecular flexibility index (Phi) is 13.2. The molecule has 0 N–H and O–H groups in total. The van der Waals surface area contributed by atoms with Crippen LogP contribution in [0.15, 0.2) is 96.1 Å². The minimum Gasteiger partial charge on any atom is -0.147 e. The molecule has 4 aliphatic rings. The summed E-state index contributed by atoms with van der Waals surface area (Å²) in [5.74, 6) is 0. The summed E-state index contributed by atoms with van der Waals surface area (Å²) in [4.78, 5) is 0. The van der Waals surface area contributed by atoms with Crippen LogP contribution in [0.3, 0.4) is 0 Å². The first-order valence-corrected chi connectivity index (χ1v) is 35.5. The van der Waals surface area contributed by atoms with E-state index in [4.69, 9.17) is 0 Å². The fraction of sp³-hybridized carbons (Fsp3) is 0.462. The van der Waals surface area contributed by atoms with Gasteiger partial charge < -0.3 is 0 Å². The van der Waals surface area contributed by atoms with Crippen molar-refractivity contribution in [2.75, 3.05) is 0 Å². The van der Waals surface area contributed by atoms with Crippen molar-refractivity contribution in [1.82, 2.24) is 0 Å². The van der Waals surface area contributed by atoms with Crippen molar-refractivity contribution >= 4 is 43.8 Å². The van der Waals surface area contributed by atoms with Crippen molar-refractivity contribution in [3.05, 3.63) is 129 Å². The smallest absolute Gasteiger partial charge is 0.147 e. The molecule has 0 spiro atoms. The predicted octanol–water partition coefficient (Wildman–Crippen LogP) is 15.9. The van der Waals surface area contributed by atoms with Gasteiger partial charge in [0.25, 0.3) is 0 Å². The maximum absolute atomic E-state index is 3.91. The number of fused-ring (bicyclic) bond motifs is 2. The van der Waals surface area contributed by atoms with Crippen LogP contribution in [0.2, 0.25) is 9.26 Å². The molecule has 0 aliphatic heterocycles. The minimum absolute atomic E-state index is 0. The van der Waals surface area contributed by atoms with E-state index in [1.54, 1.807) is 22.3 Å². The van der Waals surface area contributed by atoms with Gasteiger partial charge in [-0.25, -0.2) is 0 Å². The van der Waals surface area contributed by atoms with E-state index in [1.165, 1.54) is 134 Å². The molecule has 0 heterocycles. The third-order valence-corrected chi connectivity index (χ3v) is 32.9. The van der Waals surface area contributed by atoms with Gasteiger partial charge in [0.15, 0.2) is 0 Å². The summed E-state index contributed by atoms with van der Waals surface area (Å²) in [6, 6.07) is 33.5. The Morgan fingerprint density at radius 2 is 0.893 bits per heavy atom. The molecule has 0 saturated heterocycles. The molecule has 298 valence electrons. The number of allylic oxidation sites excluding steroid dienone is 2. The van der Waals surface area contributed by atoms with Crippen LogP contribution >= 0.6 is 24.8 Å². The second kappa shape index (κ2) is 17.0. The Morgan fingerprint density at radius 3 is 1.23 bits per heavy atom. The number of halogens is 2. The van der Waals surface area contributed by atoms with Gasteiger partial charge in [0, 0.05) is 0 Å². The summed E-state index contributed by atoms with van der Waals surface area (Å²) < 4.78 is 6.91. The Labute approximate surface area is 355 Å². The molecule has 0 amide bonds. The molecule has 2 fully saturated rings. The van der Waals surface area contributed by atoms with Gasteiger partial charge in [-0.2, -0.15) is 0 Å². The van der Waals surface area contributed by atoms with Crippen molar-refractivity contribution in [2.45, 2.75) is 134 Å². The van der Waals surface area contributed by atoms with Crippen LogP contribution in [0.1, 0.15) is 144 Å². The van der Waals surface area contributed by atoms with Gasteiger partial charge in [-0.3, -0.25) is 0 Å². The van der Waals surface area contributed by atoms with E-state index >= 15 is 0 Å². The van der Waals surface area contributed by atoms with Gasteiger partial charge in [-0.05, 0) is 0 Å². The average Bonchev–Trinajstić information content (AvgIpc) is 3.75. The van der Waals surface area contributed by atoms with Gasteiger partial charge in [-0.1, -0.05) is 0 Å². The quantitative estimate of drug-likeness (QED) is 0.139. The molecule has 8 rings (SSSR count). The maximum atomic E-state index is 2.91. The zero-order valence-electron chi connectivity index (χ0n) is 35.3. The van der Waals surface area contributed by atoms with Gasteiger partial charge in [0.1, 0.15) is 0 Å². The average molecular weight is 883 g/mol. The van der Waals surface area contributed by atoms with Crippen LogP contribution in [0.4, 0.5) is 0 Å². The zero-order valence-corrected chi connectivity index (χ0v) is 40.8. The molecule has 2 unspecified atom stereocenters. The van der Waals surface area contributed by atoms with E-state index < -0.39 is 17.4 Å². The van der Waals surface area contributed by atoms with E-state index in [0.29, 0.717) is 18.1 Å². The fourth-order valence-corrected chi connectivity index (χ4v) is 32.1. The fourth-order valence-electron chi connectivity index (χ4n) is 12.4. The van der Waals surface area contributed by atoms with Crippen molar-refractivity contribution in [3.8, 4) is 22.3 Å². The summed E-state index contributed by atoms with van der Waals surface area (Å²) in [5, 5.41) is 0. The molecule has 0 aromatic heterocycles. The number of aryl methyl sites for hydroxylation is 2. The first-order chi connectivity index (χ1) is 25.9. The first kappa shape index (κ1) is 43.6. The van der Waals surface area contributed by atoms with Crippen LogP contribution in [-0.4, -0.2) is 6.88 Å². The summed E-state index contributed by atoms with van der Waals surface area (Å²) in [6.45, 7) is 12.0. The SMILES string of the molecule is CCC1(CC2=Cc3c(-c4ccc(C)cc4)cccc3[CH]2[Zr]([CH3])([CH3])(=[SiH2])[CH]2C(CC3(CC)CCCCC3)=Cc3c(-c4ccc(C)cc4)cccc32)CCCCC1.Cl.Cl. The second-order valence-electron chi connectivity index (χ2n) is 19.8. The third-order valence-electron chi connectivity index (χ3n) is 15.4. The molecule has 0 radical (unpaired) electrons. The van der Waals surface area contributed by atoms with Gasteiger partial charge in [0.05, 0.1) is 0 Å². The molecule has 4 aromatic carbocycles. The molecule has 4 aromatic rings. The molecule has 0 nitrogen and oxygen atoms in total. The third kappa shape index (κ3) is 8.02. The monoisotopic (exact) mass is 880 g/mol. The van der Waals surface area contributed by atoms with E-state index in [2.05, 4.69) is 141 Å². The number of hydrogen-bond donors (Lipinski definition) is 0. The van der Waals surface area contributed by atoms with Crippen LogP contribution in [0.25, 0.3) is 34.4 Å². The minimum atomic E-state index is -3.91. The number of hydrogen-bond acceptors (Lipinski definition) is 0. The van der Waals surface area contributed by atoms with E-state index in [1.807, 2.05) is 0 Å². The molecule has 2 saturated carbocycles. The molecule has 0 bridgehead atoms. The standard InChI is InChI=1S/2C25H29.2CH3.2ClH.H2Si.Zr/c2*1-3-25(14-5-4-6-15-25)18-20-16-22-8-7-9-23(24(22)17-20)21-12-10-19(2)11-13-21;;;;;;/h2*7-13,16-17H,3-6,14-15,18H2,1-2H3;2*1H3;2*1H;1H2;.